The number of amides is 1. The molecule has 1 aliphatic carbocycles. The van der Waals surface area contributed by atoms with E-state index in [2.05, 4.69) is 0 Å². The van der Waals surface area contributed by atoms with Crippen LogP contribution in [0.3, 0.4) is 0 Å². The van der Waals surface area contributed by atoms with Gasteiger partial charge in [0.25, 0.3) is 5.91 Å². The molecule has 0 N–H and O–H groups in total. The van der Waals surface area contributed by atoms with Crippen LogP contribution in [0.4, 0.5) is 0 Å². The van der Waals surface area contributed by atoms with E-state index >= 15 is 0 Å². The monoisotopic (exact) mass is 273 g/mol. The van der Waals surface area contributed by atoms with E-state index in [0.717, 1.165) is 36.8 Å². The van der Waals surface area contributed by atoms with E-state index in [4.69, 9.17) is 4.74 Å². The Morgan fingerprint density at radius 3 is 2.70 bits per heavy atom. The van der Waals surface area contributed by atoms with Gasteiger partial charge in [0.2, 0.25) is 0 Å². The predicted molar refractivity (Wildman–Crippen MR) is 74.3 cm³/mol. The molecule has 0 bridgehead atoms. The summed E-state index contributed by atoms with van der Waals surface area (Å²) in [6, 6.07) is 7.75. The van der Waals surface area contributed by atoms with Crippen molar-refractivity contribution < 1.29 is 14.3 Å². The van der Waals surface area contributed by atoms with Crippen LogP contribution in [0, 0.1) is 0 Å². The van der Waals surface area contributed by atoms with E-state index in [1.54, 1.807) is 11.8 Å². The Morgan fingerprint density at radius 1 is 1.30 bits per heavy atom. The van der Waals surface area contributed by atoms with E-state index < -0.39 is 0 Å². The minimum Gasteiger partial charge on any atom is -0.465 e. The van der Waals surface area contributed by atoms with Gasteiger partial charge in [-0.3, -0.25) is 9.59 Å². The molecule has 1 spiro atoms. The summed E-state index contributed by atoms with van der Waals surface area (Å²) in [7, 11) is 0. The van der Waals surface area contributed by atoms with Crippen LogP contribution in [-0.2, 0) is 15.1 Å². The molecule has 1 saturated carbocycles. The summed E-state index contributed by atoms with van der Waals surface area (Å²) in [6.07, 6.45) is 4.08. The number of nitrogens with zero attached hydrogens (tertiary/aromatic N) is 1. The highest BCUT2D eigenvalue weighted by molar-refractivity contribution is 6.01. The molecular formula is C16H19NO3. The molecule has 4 nitrogen and oxygen atoms in total. The van der Waals surface area contributed by atoms with Crippen molar-refractivity contribution in [1.82, 2.24) is 4.90 Å². The Hall–Kier alpha value is -1.84. The molecular weight excluding hydrogens is 254 g/mol. The van der Waals surface area contributed by atoms with Crippen LogP contribution in [0.25, 0.3) is 0 Å². The molecule has 0 atom stereocenters. The summed E-state index contributed by atoms with van der Waals surface area (Å²) in [5.41, 5.74) is 1.56. The van der Waals surface area contributed by atoms with Gasteiger partial charge in [-0.05, 0) is 31.4 Å². The number of fused-ring (bicyclic) bond motifs is 2. The van der Waals surface area contributed by atoms with Crippen LogP contribution in [0.5, 0.6) is 0 Å². The maximum absolute atomic E-state index is 12.6. The average Bonchev–Trinajstić information content (AvgIpc) is 3.02. The number of carbonyl (C=O) groups is 2. The van der Waals surface area contributed by atoms with Crippen LogP contribution in [0.15, 0.2) is 24.3 Å². The van der Waals surface area contributed by atoms with Crippen molar-refractivity contribution in [2.24, 2.45) is 0 Å². The normalized spacial score (nSPS) is 19.4. The lowest BCUT2D eigenvalue weighted by Gasteiger charge is -2.35. The molecule has 106 valence electrons. The lowest BCUT2D eigenvalue weighted by atomic mass is 9.88. The second-order valence-electron chi connectivity index (χ2n) is 5.48. The molecule has 1 heterocycles. The largest absolute Gasteiger partial charge is 0.465 e. The zero-order valence-corrected chi connectivity index (χ0v) is 11.7. The molecule has 4 heteroatoms. The van der Waals surface area contributed by atoms with Crippen molar-refractivity contribution in [2.45, 2.75) is 38.1 Å². The molecule has 1 aromatic rings. The molecule has 0 saturated heterocycles. The molecule has 1 aromatic carbocycles. The Morgan fingerprint density at radius 2 is 2.00 bits per heavy atom. The summed E-state index contributed by atoms with van der Waals surface area (Å²) < 4.78 is 5.02. The zero-order valence-electron chi connectivity index (χ0n) is 11.7. The number of rotatable bonds is 3. The van der Waals surface area contributed by atoms with Crippen LogP contribution in [-0.4, -0.2) is 29.9 Å². The first-order valence-corrected chi connectivity index (χ1v) is 7.26. The van der Waals surface area contributed by atoms with Crippen molar-refractivity contribution >= 4 is 11.9 Å². The molecule has 1 amide bonds. The topological polar surface area (TPSA) is 46.6 Å². The van der Waals surface area contributed by atoms with Gasteiger partial charge in [0.1, 0.15) is 6.54 Å². The average molecular weight is 273 g/mol. The van der Waals surface area contributed by atoms with Crippen molar-refractivity contribution in [3.05, 3.63) is 35.4 Å². The molecule has 0 unspecified atom stereocenters. The lowest BCUT2D eigenvalue weighted by Crippen LogP contribution is -2.45. The first-order valence-electron chi connectivity index (χ1n) is 7.26. The van der Waals surface area contributed by atoms with Crippen LogP contribution in [0.1, 0.15) is 48.5 Å². The van der Waals surface area contributed by atoms with Crippen LogP contribution < -0.4 is 0 Å². The minimum atomic E-state index is -0.320. The molecule has 0 aromatic heterocycles. The zero-order chi connectivity index (χ0) is 14.2. The van der Waals surface area contributed by atoms with Gasteiger partial charge >= 0.3 is 5.97 Å². The smallest absolute Gasteiger partial charge is 0.325 e. The fraction of sp³-hybridized carbons (Fsp3) is 0.500. The summed E-state index contributed by atoms with van der Waals surface area (Å²) in [5, 5.41) is 0. The molecule has 2 aliphatic rings. The Labute approximate surface area is 118 Å². The summed E-state index contributed by atoms with van der Waals surface area (Å²) in [6.45, 7) is 2.19. The highest BCUT2D eigenvalue weighted by Gasteiger charge is 2.51. The predicted octanol–water partition coefficient (Wildman–Crippen LogP) is 2.47. The molecule has 1 aliphatic heterocycles. The second-order valence-corrected chi connectivity index (χ2v) is 5.48. The van der Waals surface area contributed by atoms with Gasteiger partial charge in [-0.1, -0.05) is 31.0 Å². The van der Waals surface area contributed by atoms with Gasteiger partial charge in [0.15, 0.2) is 0 Å². The highest BCUT2D eigenvalue weighted by Crippen LogP contribution is 2.49. The molecule has 0 radical (unpaired) electrons. The van der Waals surface area contributed by atoms with Crippen molar-refractivity contribution in [3.8, 4) is 0 Å². The standard InChI is InChI=1S/C16H19NO3/c1-2-20-14(18)11-17-15(19)12-7-3-4-8-13(12)16(17)9-5-6-10-16/h3-4,7-8H,2,5-6,9-11H2,1H3. The summed E-state index contributed by atoms with van der Waals surface area (Å²) >= 11 is 0. The molecule has 20 heavy (non-hydrogen) atoms. The first-order chi connectivity index (χ1) is 9.69. The van der Waals surface area contributed by atoms with Crippen LogP contribution >= 0.6 is 0 Å². The van der Waals surface area contributed by atoms with E-state index in [-0.39, 0.29) is 24.0 Å². The molecule has 3 rings (SSSR count). The number of ether oxygens (including phenoxy) is 1. The fourth-order valence-electron chi connectivity index (χ4n) is 3.62. The Bertz CT molecular complexity index is 546. The van der Waals surface area contributed by atoms with Gasteiger partial charge in [-0.2, -0.15) is 0 Å². The third kappa shape index (κ3) is 1.82. The number of hydrogen-bond donors (Lipinski definition) is 0. The van der Waals surface area contributed by atoms with E-state index in [1.807, 2.05) is 24.3 Å². The van der Waals surface area contributed by atoms with Crippen molar-refractivity contribution in [1.29, 1.82) is 0 Å². The lowest BCUT2D eigenvalue weighted by molar-refractivity contribution is -0.145. The number of benzene rings is 1. The van der Waals surface area contributed by atoms with Gasteiger partial charge in [0.05, 0.1) is 12.1 Å². The maximum atomic E-state index is 12.6. The second kappa shape index (κ2) is 4.93. The van der Waals surface area contributed by atoms with E-state index in [9.17, 15) is 9.59 Å². The van der Waals surface area contributed by atoms with Gasteiger partial charge in [0, 0.05) is 5.56 Å². The highest BCUT2D eigenvalue weighted by atomic mass is 16.5. The van der Waals surface area contributed by atoms with Gasteiger partial charge < -0.3 is 9.64 Å². The number of esters is 1. The van der Waals surface area contributed by atoms with Gasteiger partial charge in [-0.15, -0.1) is 0 Å². The summed E-state index contributed by atoms with van der Waals surface area (Å²) in [4.78, 5) is 26.2. The Balaban J connectivity index is 1.98. The van der Waals surface area contributed by atoms with Crippen molar-refractivity contribution in [3.63, 3.8) is 0 Å². The SMILES string of the molecule is CCOC(=O)CN1C(=O)c2ccccc2C12CCCC2. The van der Waals surface area contributed by atoms with Gasteiger partial charge in [-0.25, -0.2) is 0 Å². The van der Waals surface area contributed by atoms with E-state index in [1.165, 1.54) is 0 Å². The number of carbonyl (C=O) groups excluding carboxylic acids is 2. The third-order valence-electron chi connectivity index (χ3n) is 4.44. The van der Waals surface area contributed by atoms with E-state index in [0.29, 0.717) is 6.61 Å². The minimum absolute atomic E-state index is 0.0319. The first kappa shape index (κ1) is 13.2. The maximum Gasteiger partial charge on any atom is 0.325 e. The third-order valence-corrected chi connectivity index (χ3v) is 4.44. The van der Waals surface area contributed by atoms with Crippen molar-refractivity contribution in [2.75, 3.05) is 13.2 Å². The number of hydrogen-bond acceptors (Lipinski definition) is 3. The van der Waals surface area contributed by atoms with Crippen LogP contribution in [0.2, 0.25) is 0 Å². The summed E-state index contributed by atoms with van der Waals surface area (Å²) in [5.74, 6) is -0.351. The Kier molecular flexibility index (Phi) is 3.24. The fourth-order valence-corrected chi connectivity index (χ4v) is 3.62. The molecule has 1 fully saturated rings. The quantitative estimate of drug-likeness (QED) is 0.795.